The summed E-state index contributed by atoms with van der Waals surface area (Å²) in [6.07, 6.45) is 0.617. The summed E-state index contributed by atoms with van der Waals surface area (Å²) in [5.74, 6) is 1.89. The summed E-state index contributed by atoms with van der Waals surface area (Å²) < 4.78 is 16.0. The van der Waals surface area contributed by atoms with Gasteiger partial charge in [-0.15, -0.1) is 11.3 Å². The molecule has 148 valence electrons. The molecular formula is C19H20ClN3O4S. The van der Waals surface area contributed by atoms with Gasteiger partial charge in [-0.05, 0) is 36.1 Å². The van der Waals surface area contributed by atoms with Crippen LogP contribution in [0.4, 0.5) is 0 Å². The van der Waals surface area contributed by atoms with E-state index in [1.54, 1.807) is 19.2 Å². The van der Waals surface area contributed by atoms with E-state index < -0.39 is 0 Å². The fourth-order valence-corrected chi connectivity index (χ4v) is 3.47. The van der Waals surface area contributed by atoms with Gasteiger partial charge in [0.25, 0.3) is 0 Å². The summed E-state index contributed by atoms with van der Waals surface area (Å²) in [6.45, 7) is 2.68. The van der Waals surface area contributed by atoms with Crippen LogP contribution < -0.4 is 14.8 Å². The number of methoxy groups -OCH3 is 1. The van der Waals surface area contributed by atoms with Crippen LogP contribution >= 0.6 is 22.9 Å². The fourth-order valence-electron chi connectivity index (χ4n) is 2.53. The zero-order chi connectivity index (χ0) is 19.9. The molecule has 28 heavy (non-hydrogen) atoms. The van der Waals surface area contributed by atoms with Crippen molar-refractivity contribution in [1.82, 2.24) is 15.5 Å². The van der Waals surface area contributed by atoms with Gasteiger partial charge in [-0.25, -0.2) is 0 Å². The van der Waals surface area contributed by atoms with Crippen LogP contribution in [0.1, 0.15) is 24.8 Å². The third-order valence-electron chi connectivity index (χ3n) is 3.84. The number of hydrogen-bond donors (Lipinski definition) is 1. The van der Waals surface area contributed by atoms with Gasteiger partial charge in [0, 0.05) is 19.4 Å². The molecule has 9 heteroatoms. The number of nitrogens with zero attached hydrogens (tertiary/aromatic N) is 2. The molecule has 1 aromatic carbocycles. The third kappa shape index (κ3) is 5.02. The number of nitrogens with one attached hydrogen (secondary N) is 1. The number of carbonyl (C=O) groups is 1. The summed E-state index contributed by atoms with van der Waals surface area (Å²) in [5, 5.41) is 9.17. The van der Waals surface area contributed by atoms with Crippen LogP contribution in [-0.4, -0.2) is 29.8 Å². The first kappa shape index (κ1) is 20.2. The highest BCUT2D eigenvalue weighted by Crippen LogP contribution is 2.36. The van der Waals surface area contributed by atoms with Gasteiger partial charge >= 0.3 is 0 Å². The molecule has 0 atom stereocenters. The van der Waals surface area contributed by atoms with Gasteiger partial charge in [0.2, 0.25) is 17.6 Å². The second-order valence-electron chi connectivity index (χ2n) is 5.81. The second kappa shape index (κ2) is 9.57. The van der Waals surface area contributed by atoms with Crippen molar-refractivity contribution >= 4 is 28.8 Å². The quantitative estimate of drug-likeness (QED) is 0.559. The Hall–Kier alpha value is -2.58. The summed E-state index contributed by atoms with van der Waals surface area (Å²) >= 11 is 7.78. The SMILES string of the molecule is CCOc1c(Cl)cc(CNC(=O)CCc2nc(-c3cccs3)no2)cc1OC. The van der Waals surface area contributed by atoms with E-state index in [0.717, 1.165) is 10.4 Å². The van der Waals surface area contributed by atoms with Crippen molar-refractivity contribution in [2.24, 2.45) is 0 Å². The average molecular weight is 422 g/mol. The first-order chi connectivity index (χ1) is 13.6. The average Bonchev–Trinajstić information content (AvgIpc) is 3.38. The molecule has 0 aliphatic carbocycles. The predicted octanol–water partition coefficient (Wildman–Crippen LogP) is 4.11. The molecule has 3 rings (SSSR count). The molecule has 0 fully saturated rings. The predicted molar refractivity (Wildman–Crippen MR) is 107 cm³/mol. The minimum absolute atomic E-state index is 0.125. The molecule has 0 saturated carbocycles. The molecule has 0 aliphatic rings. The van der Waals surface area contributed by atoms with Crippen LogP contribution in [-0.2, 0) is 17.8 Å². The highest BCUT2D eigenvalue weighted by molar-refractivity contribution is 7.13. The minimum atomic E-state index is -0.125. The molecule has 0 radical (unpaired) electrons. The molecule has 7 nitrogen and oxygen atoms in total. The molecule has 2 aromatic heterocycles. The Kier molecular flexibility index (Phi) is 6.89. The monoisotopic (exact) mass is 421 g/mol. The lowest BCUT2D eigenvalue weighted by Crippen LogP contribution is -2.23. The van der Waals surface area contributed by atoms with Gasteiger partial charge < -0.3 is 19.3 Å². The van der Waals surface area contributed by atoms with Crippen molar-refractivity contribution in [3.8, 4) is 22.2 Å². The van der Waals surface area contributed by atoms with Crippen LogP contribution in [0.2, 0.25) is 5.02 Å². The van der Waals surface area contributed by atoms with Crippen LogP contribution in [0.3, 0.4) is 0 Å². The third-order valence-corrected chi connectivity index (χ3v) is 4.99. The van der Waals surface area contributed by atoms with Gasteiger partial charge in [0.1, 0.15) is 0 Å². The number of amides is 1. The van der Waals surface area contributed by atoms with Crippen molar-refractivity contribution < 1.29 is 18.8 Å². The van der Waals surface area contributed by atoms with E-state index in [-0.39, 0.29) is 12.3 Å². The normalized spacial score (nSPS) is 10.7. The molecule has 0 spiro atoms. The van der Waals surface area contributed by atoms with Crippen LogP contribution in [0.25, 0.3) is 10.7 Å². The molecule has 0 bridgehead atoms. The zero-order valence-electron chi connectivity index (χ0n) is 15.5. The number of carbonyl (C=O) groups excluding carboxylic acids is 1. The number of ether oxygens (including phenoxy) is 2. The van der Waals surface area contributed by atoms with Gasteiger partial charge in [-0.1, -0.05) is 22.8 Å². The lowest BCUT2D eigenvalue weighted by molar-refractivity contribution is -0.121. The maximum atomic E-state index is 12.1. The van der Waals surface area contributed by atoms with Crippen LogP contribution in [0.5, 0.6) is 11.5 Å². The Bertz CT molecular complexity index is 927. The molecule has 1 amide bonds. The molecule has 3 aromatic rings. The van der Waals surface area contributed by atoms with Crippen molar-refractivity contribution in [1.29, 1.82) is 0 Å². The number of rotatable bonds is 9. The number of halogens is 1. The maximum Gasteiger partial charge on any atom is 0.227 e. The van der Waals surface area contributed by atoms with E-state index >= 15 is 0 Å². The maximum absolute atomic E-state index is 12.1. The second-order valence-corrected chi connectivity index (χ2v) is 7.16. The fraction of sp³-hybridized carbons (Fsp3) is 0.316. The van der Waals surface area contributed by atoms with E-state index in [9.17, 15) is 4.79 Å². The Balaban J connectivity index is 1.52. The first-order valence-corrected chi connectivity index (χ1v) is 9.98. The summed E-state index contributed by atoms with van der Waals surface area (Å²) in [4.78, 5) is 17.4. The number of aromatic nitrogens is 2. The lowest BCUT2D eigenvalue weighted by atomic mass is 10.2. The lowest BCUT2D eigenvalue weighted by Gasteiger charge is -2.13. The van der Waals surface area contributed by atoms with Crippen molar-refractivity contribution in [2.75, 3.05) is 13.7 Å². The molecule has 1 N–H and O–H groups in total. The first-order valence-electron chi connectivity index (χ1n) is 8.73. The topological polar surface area (TPSA) is 86.5 Å². The van der Waals surface area contributed by atoms with Gasteiger partial charge in [0.15, 0.2) is 11.5 Å². The van der Waals surface area contributed by atoms with Crippen molar-refractivity contribution in [3.05, 3.63) is 46.1 Å². The zero-order valence-corrected chi connectivity index (χ0v) is 17.1. The summed E-state index contributed by atoms with van der Waals surface area (Å²) in [7, 11) is 1.55. The van der Waals surface area contributed by atoms with E-state index in [4.69, 9.17) is 25.6 Å². The highest BCUT2D eigenvalue weighted by Gasteiger charge is 2.14. The Morgan fingerprint density at radius 2 is 2.25 bits per heavy atom. The Morgan fingerprint density at radius 1 is 1.39 bits per heavy atom. The van der Waals surface area contributed by atoms with E-state index in [1.807, 2.05) is 24.4 Å². The Labute approximate surface area is 171 Å². The van der Waals surface area contributed by atoms with Crippen molar-refractivity contribution in [2.45, 2.75) is 26.3 Å². The van der Waals surface area contributed by atoms with Crippen LogP contribution in [0.15, 0.2) is 34.2 Å². The minimum Gasteiger partial charge on any atom is -0.493 e. The number of hydrogen-bond acceptors (Lipinski definition) is 7. The van der Waals surface area contributed by atoms with Gasteiger partial charge in [-0.3, -0.25) is 4.79 Å². The number of thiophene rings is 1. The largest absolute Gasteiger partial charge is 0.493 e. The van der Waals surface area contributed by atoms with Crippen molar-refractivity contribution in [3.63, 3.8) is 0 Å². The van der Waals surface area contributed by atoms with E-state index in [1.165, 1.54) is 11.3 Å². The summed E-state index contributed by atoms with van der Waals surface area (Å²) in [6, 6.07) is 7.39. The standard InChI is InChI=1S/C19H20ClN3O4S/c1-3-26-18-13(20)9-12(10-14(18)25-2)11-21-16(24)6-7-17-22-19(23-27-17)15-5-4-8-28-15/h4-5,8-10H,3,6-7,11H2,1-2H3,(H,21,24). The molecule has 2 heterocycles. The molecule has 0 unspecified atom stereocenters. The molecule has 0 aliphatic heterocycles. The van der Waals surface area contributed by atoms with Crippen LogP contribution in [0, 0.1) is 0 Å². The smallest absolute Gasteiger partial charge is 0.227 e. The van der Waals surface area contributed by atoms with Gasteiger partial charge in [0.05, 0.1) is 23.6 Å². The Morgan fingerprint density at radius 3 is 2.96 bits per heavy atom. The molecule has 0 saturated heterocycles. The van der Waals surface area contributed by atoms with E-state index in [0.29, 0.717) is 47.8 Å². The number of aryl methyl sites for hydroxylation is 1. The molecular weight excluding hydrogens is 402 g/mol. The highest BCUT2D eigenvalue weighted by atomic mass is 35.5. The van der Waals surface area contributed by atoms with Gasteiger partial charge in [-0.2, -0.15) is 4.98 Å². The van der Waals surface area contributed by atoms with E-state index in [2.05, 4.69) is 15.5 Å². The number of benzene rings is 1. The summed E-state index contributed by atoms with van der Waals surface area (Å²) in [5.41, 5.74) is 0.816.